The summed E-state index contributed by atoms with van der Waals surface area (Å²) < 4.78 is 7.70. The fourth-order valence-electron chi connectivity index (χ4n) is 2.75. The van der Waals surface area contributed by atoms with Crippen LogP contribution in [0.3, 0.4) is 0 Å². The Kier molecular flexibility index (Phi) is 6.13. The van der Waals surface area contributed by atoms with Crippen molar-refractivity contribution in [1.29, 1.82) is 0 Å². The highest BCUT2D eigenvalue weighted by atomic mass is 32.1. The number of hydrogen-bond acceptors (Lipinski definition) is 4. The van der Waals surface area contributed by atoms with Crippen molar-refractivity contribution >= 4 is 24.0 Å². The third kappa shape index (κ3) is 4.55. The van der Waals surface area contributed by atoms with E-state index in [1.54, 1.807) is 17.6 Å². The summed E-state index contributed by atoms with van der Waals surface area (Å²) in [4.78, 5) is 27.8. The highest BCUT2D eigenvalue weighted by Crippen LogP contribution is 2.21. The number of nitrogens with zero attached hydrogens (tertiary/aromatic N) is 1. The molecule has 0 aliphatic carbocycles. The topological polar surface area (TPSA) is 88.2 Å². The van der Waals surface area contributed by atoms with E-state index < -0.39 is 17.9 Å². The number of carbonyl (C=O) groups excluding carboxylic acids is 2. The van der Waals surface area contributed by atoms with Gasteiger partial charge < -0.3 is 9.72 Å². The summed E-state index contributed by atoms with van der Waals surface area (Å²) >= 11 is 5.27. The van der Waals surface area contributed by atoms with E-state index in [0.717, 1.165) is 16.8 Å². The van der Waals surface area contributed by atoms with Crippen molar-refractivity contribution in [3.8, 4) is 11.4 Å². The minimum absolute atomic E-state index is 0.268. The number of rotatable bonds is 5. The lowest BCUT2D eigenvalue weighted by molar-refractivity contribution is -0.128. The number of hydrazine groups is 1. The summed E-state index contributed by atoms with van der Waals surface area (Å²) in [6.07, 6.45) is 0.699. The Morgan fingerprint density at radius 3 is 2.52 bits per heavy atom. The van der Waals surface area contributed by atoms with E-state index in [0.29, 0.717) is 10.5 Å². The molecule has 3 N–H and O–H groups in total. The van der Waals surface area contributed by atoms with E-state index in [-0.39, 0.29) is 5.69 Å². The Balaban J connectivity index is 1.66. The standard InChI is InChI=1S/C21H22N4O3S/c1-13-8-7-11-18(14(13)2)28-15(3)19(26)23-24-20(27)17-12-22-21(29)25(17)16-9-5-4-6-10-16/h4-12,15H,1-3H3,(H,22,29)(H,23,26)(H,24,27)/t15-/m1/s1. The number of imidazole rings is 1. The van der Waals surface area contributed by atoms with Crippen LogP contribution < -0.4 is 15.6 Å². The molecule has 0 aliphatic rings. The molecular weight excluding hydrogens is 388 g/mol. The molecule has 8 heteroatoms. The maximum Gasteiger partial charge on any atom is 0.288 e. The first-order chi connectivity index (χ1) is 13.9. The molecular formula is C21H22N4O3S. The highest BCUT2D eigenvalue weighted by molar-refractivity contribution is 7.71. The van der Waals surface area contributed by atoms with E-state index in [2.05, 4.69) is 15.8 Å². The maximum absolute atomic E-state index is 12.6. The molecule has 1 atom stereocenters. The third-order valence-corrected chi connectivity index (χ3v) is 4.85. The van der Waals surface area contributed by atoms with Crippen LogP contribution in [-0.2, 0) is 4.79 Å². The van der Waals surface area contributed by atoms with Crippen LogP contribution in [0.1, 0.15) is 28.5 Å². The van der Waals surface area contributed by atoms with Crippen LogP contribution in [-0.4, -0.2) is 27.5 Å². The molecule has 0 radical (unpaired) electrons. The molecule has 2 amide bonds. The van der Waals surface area contributed by atoms with Crippen LogP contribution in [0.25, 0.3) is 5.69 Å². The molecule has 3 aromatic rings. The maximum atomic E-state index is 12.6. The number of para-hydroxylation sites is 1. The van der Waals surface area contributed by atoms with Crippen LogP contribution in [0.2, 0.25) is 0 Å². The van der Waals surface area contributed by atoms with Gasteiger partial charge >= 0.3 is 0 Å². The van der Waals surface area contributed by atoms with Crippen molar-refractivity contribution in [1.82, 2.24) is 20.4 Å². The molecule has 2 aromatic carbocycles. The number of aryl methyl sites for hydroxylation is 1. The van der Waals surface area contributed by atoms with Crippen LogP contribution >= 0.6 is 12.2 Å². The Bertz CT molecular complexity index is 1090. The lowest BCUT2D eigenvalue weighted by Crippen LogP contribution is -2.47. The lowest BCUT2D eigenvalue weighted by atomic mass is 10.1. The Hall–Kier alpha value is -3.39. The fourth-order valence-corrected chi connectivity index (χ4v) is 3.01. The van der Waals surface area contributed by atoms with Gasteiger partial charge in [-0.3, -0.25) is 25.0 Å². The van der Waals surface area contributed by atoms with Crippen molar-refractivity contribution in [2.75, 3.05) is 0 Å². The number of ether oxygens (including phenoxy) is 1. The SMILES string of the molecule is Cc1cccc(O[C@H](C)C(=O)NNC(=O)c2c[nH]c(=S)n2-c2ccccc2)c1C. The summed E-state index contributed by atoms with van der Waals surface area (Å²) in [7, 11) is 0. The minimum atomic E-state index is -0.794. The zero-order valence-electron chi connectivity index (χ0n) is 16.4. The molecule has 150 valence electrons. The summed E-state index contributed by atoms with van der Waals surface area (Å²) in [5.41, 5.74) is 7.85. The monoisotopic (exact) mass is 410 g/mol. The van der Waals surface area contributed by atoms with Gasteiger partial charge in [-0.25, -0.2) is 0 Å². The lowest BCUT2D eigenvalue weighted by Gasteiger charge is -2.17. The van der Waals surface area contributed by atoms with Crippen molar-refractivity contribution < 1.29 is 14.3 Å². The van der Waals surface area contributed by atoms with E-state index in [1.165, 1.54) is 6.20 Å². The second-order valence-corrected chi connectivity index (χ2v) is 6.94. The smallest absolute Gasteiger partial charge is 0.288 e. The van der Waals surface area contributed by atoms with E-state index in [4.69, 9.17) is 17.0 Å². The second-order valence-electron chi connectivity index (χ2n) is 6.55. The molecule has 3 rings (SSSR count). The van der Waals surface area contributed by atoms with Gasteiger partial charge in [0.1, 0.15) is 11.4 Å². The van der Waals surface area contributed by atoms with Gasteiger partial charge in [-0.1, -0.05) is 30.3 Å². The fraction of sp³-hybridized carbons (Fsp3) is 0.190. The average Bonchev–Trinajstić information content (AvgIpc) is 3.11. The Morgan fingerprint density at radius 2 is 1.79 bits per heavy atom. The molecule has 1 heterocycles. The van der Waals surface area contributed by atoms with Crippen molar-refractivity contribution in [2.24, 2.45) is 0 Å². The molecule has 1 aromatic heterocycles. The van der Waals surface area contributed by atoms with Gasteiger partial charge in [-0.2, -0.15) is 0 Å². The summed E-state index contributed by atoms with van der Waals surface area (Å²) in [5.74, 6) is -0.351. The van der Waals surface area contributed by atoms with E-state index >= 15 is 0 Å². The number of aromatic amines is 1. The van der Waals surface area contributed by atoms with Gasteiger partial charge in [0.2, 0.25) is 0 Å². The Labute approximate surface area is 173 Å². The number of carbonyl (C=O) groups is 2. The van der Waals surface area contributed by atoms with Crippen molar-refractivity contribution in [2.45, 2.75) is 26.9 Å². The average molecular weight is 410 g/mol. The number of aromatic nitrogens is 2. The number of H-pyrrole nitrogens is 1. The normalized spacial score (nSPS) is 11.6. The molecule has 0 unspecified atom stereocenters. The number of hydrogen-bond donors (Lipinski definition) is 3. The van der Waals surface area contributed by atoms with Crippen LogP contribution in [0.4, 0.5) is 0 Å². The van der Waals surface area contributed by atoms with Crippen molar-refractivity contribution in [3.63, 3.8) is 0 Å². The van der Waals surface area contributed by atoms with Crippen LogP contribution in [0, 0.1) is 18.6 Å². The number of nitrogens with one attached hydrogen (secondary N) is 3. The number of amides is 2. The van der Waals surface area contributed by atoms with Gasteiger partial charge in [0.05, 0.1) is 0 Å². The summed E-state index contributed by atoms with van der Waals surface area (Å²) in [5, 5.41) is 0. The molecule has 0 saturated heterocycles. The van der Waals surface area contributed by atoms with Gasteiger partial charge in [-0.15, -0.1) is 0 Å². The van der Waals surface area contributed by atoms with E-state index in [1.807, 2.05) is 56.3 Å². The molecule has 0 fully saturated rings. The largest absolute Gasteiger partial charge is 0.481 e. The highest BCUT2D eigenvalue weighted by Gasteiger charge is 2.19. The van der Waals surface area contributed by atoms with Gasteiger partial charge in [-0.05, 0) is 62.3 Å². The van der Waals surface area contributed by atoms with Crippen LogP contribution in [0.5, 0.6) is 5.75 Å². The third-order valence-electron chi connectivity index (χ3n) is 4.55. The zero-order valence-corrected chi connectivity index (χ0v) is 17.2. The molecule has 0 aliphatic heterocycles. The van der Waals surface area contributed by atoms with Gasteiger partial charge in [0.15, 0.2) is 10.9 Å². The molecule has 0 bridgehead atoms. The van der Waals surface area contributed by atoms with Crippen LogP contribution in [0.15, 0.2) is 54.7 Å². The van der Waals surface area contributed by atoms with Gasteiger partial charge in [0, 0.05) is 11.9 Å². The predicted molar refractivity (Wildman–Crippen MR) is 113 cm³/mol. The molecule has 0 saturated carbocycles. The molecule has 7 nitrogen and oxygen atoms in total. The van der Waals surface area contributed by atoms with Crippen molar-refractivity contribution in [3.05, 3.63) is 76.3 Å². The van der Waals surface area contributed by atoms with E-state index in [9.17, 15) is 9.59 Å². The van der Waals surface area contributed by atoms with Gasteiger partial charge in [0.25, 0.3) is 11.8 Å². The predicted octanol–water partition coefficient (Wildman–Crippen LogP) is 3.38. The number of benzene rings is 2. The molecule has 0 spiro atoms. The quantitative estimate of drug-likeness (QED) is 0.444. The summed E-state index contributed by atoms with van der Waals surface area (Å²) in [6.45, 7) is 5.52. The Morgan fingerprint density at radius 1 is 1.07 bits per heavy atom. The molecule has 29 heavy (non-hydrogen) atoms. The first-order valence-electron chi connectivity index (χ1n) is 9.07. The minimum Gasteiger partial charge on any atom is -0.481 e. The summed E-state index contributed by atoms with van der Waals surface area (Å²) in [6, 6.07) is 14.9. The second kappa shape index (κ2) is 8.74. The first-order valence-corrected chi connectivity index (χ1v) is 9.48. The zero-order chi connectivity index (χ0) is 21.0. The first kappa shape index (κ1) is 20.3.